The van der Waals surface area contributed by atoms with Gasteiger partial charge in [0.15, 0.2) is 5.17 Å². The number of carbonyl (C=O) groups is 2. The third kappa shape index (κ3) is 4.98. The highest BCUT2D eigenvalue weighted by molar-refractivity contribution is 8.13. The molecule has 0 radical (unpaired) electrons. The number of fused-ring (bicyclic) bond motifs is 1. The van der Waals surface area contributed by atoms with Gasteiger partial charge < -0.3 is 20.4 Å². The Hall–Kier alpha value is -2.48. The van der Waals surface area contributed by atoms with Crippen LogP contribution in [0, 0.1) is 0 Å². The lowest BCUT2D eigenvalue weighted by molar-refractivity contribution is -0.125. The molecule has 2 aliphatic heterocycles. The number of unbranched alkanes of at least 4 members (excludes halogenated alkanes) is 1. The van der Waals surface area contributed by atoms with Gasteiger partial charge in [0, 0.05) is 38.6 Å². The maximum atomic E-state index is 13.0. The zero-order valence-electron chi connectivity index (χ0n) is 18.2. The number of aliphatic imine (C=N–C) groups is 1. The van der Waals surface area contributed by atoms with Crippen LogP contribution in [0.3, 0.4) is 0 Å². The number of anilines is 1. The van der Waals surface area contributed by atoms with Crippen molar-refractivity contribution in [1.29, 1.82) is 0 Å². The molecule has 3 amide bonds. The number of thioether (sulfide) groups is 1. The molecule has 1 aromatic rings. The van der Waals surface area contributed by atoms with Gasteiger partial charge in [0.05, 0.1) is 17.3 Å². The first-order valence-electron chi connectivity index (χ1n) is 10.5. The van der Waals surface area contributed by atoms with Gasteiger partial charge in [0.1, 0.15) is 0 Å². The molecule has 1 atom stereocenters. The molecule has 8 heteroatoms. The lowest BCUT2D eigenvalue weighted by atomic mass is 9.93. The maximum absolute atomic E-state index is 13.0. The van der Waals surface area contributed by atoms with Crippen LogP contribution < -0.4 is 10.6 Å². The van der Waals surface area contributed by atoms with Gasteiger partial charge in [-0.05, 0) is 37.5 Å². The largest absolute Gasteiger partial charge is 0.345 e. The van der Waals surface area contributed by atoms with Crippen LogP contribution >= 0.6 is 11.8 Å². The molecule has 0 spiro atoms. The standard InChI is InChI=1S/C22H31N5O2S/c1-5-6-12-23-21(29)25-17-10-8-16(9-11-17)19-18(20(28)26(3)4)15(2)24-22-27(19)13-7-14-30-22/h8-11,19H,5-7,12-14H2,1-4H3,(H2,23,25,29)/t19-/m1/s1. The Morgan fingerprint density at radius 3 is 2.67 bits per heavy atom. The van der Waals surface area contributed by atoms with E-state index < -0.39 is 0 Å². The summed E-state index contributed by atoms with van der Waals surface area (Å²) in [6.45, 7) is 5.54. The summed E-state index contributed by atoms with van der Waals surface area (Å²) in [6.07, 6.45) is 3.05. The molecule has 0 unspecified atom stereocenters. The number of amides is 3. The predicted molar refractivity (Wildman–Crippen MR) is 124 cm³/mol. The fourth-order valence-electron chi connectivity index (χ4n) is 3.63. The van der Waals surface area contributed by atoms with Crippen LogP contribution in [-0.4, -0.2) is 59.8 Å². The Kier molecular flexibility index (Phi) is 7.42. The van der Waals surface area contributed by atoms with Crippen LogP contribution in [0.5, 0.6) is 0 Å². The molecule has 7 nitrogen and oxygen atoms in total. The normalized spacial score (nSPS) is 18.5. The van der Waals surface area contributed by atoms with Crippen LogP contribution in [0.15, 0.2) is 40.5 Å². The molecule has 0 bridgehead atoms. The van der Waals surface area contributed by atoms with E-state index in [9.17, 15) is 9.59 Å². The molecule has 2 N–H and O–H groups in total. The van der Waals surface area contributed by atoms with Crippen LogP contribution in [0.2, 0.25) is 0 Å². The molecule has 2 heterocycles. The van der Waals surface area contributed by atoms with E-state index in [4.69, 9.17) is 4.99 Å². The number of allylic oxidation sites excluding steroid dienone is 1. The van der Waals surface area contributed by atoms with Gasteiger partial charge in [0.25, 0.3) is 5.91 Å². The summed E-state index contributed by atoms with van der Waals surface area (Å²) in [5.74, 6) is 1.02. The summed E-state index contributed by atoms with van der Waals surface area (Å²) in [4.78, 5) is 33.6. The van der Waals surface area contributed by atoms with Crippen molar-refractivity contribution in [3.05, 3.63) is 41.1 Å². The zero-order valence-corrected chi connectivity index (χ0v) is 19.0. The van der Waals surface area contributed by atoms with E-state index in [-0.39, 0.29) is 18.0 Å². The maximum Gasteiger partial charge on any atom is 0.319 e. The smallest absolute Gasteiger partial charge is 0.319 e. The fraction of sp³-hybridized carbons (Fsp3) is 0.500. The average molecular weight is 430 g/mol. The highest BCUT2D eigenvalue weighted by Gasteiger charge is 2.37. The first-order valence-corrected chi connectivity index (χ1v) is 11.5. The monoisotopic (exact) mass is 429 g/mol. The van der Waals surface area contributed by atoms with E-state index in [0.29, 0.717) is 12.1 Å². The van der Waals surface area contributed by atoms with Crippen LogP contribution in [0.1, 0.15) is 44.7 Å². The van der Waals surface area contributed by atoms with Gasteiger partial charge in [-0.3, -0.25) is 4.79 Å². The second kappa shape index (κ2) is 10.0. The van der Waals surface area contributed by atoms with E-state index in [1.165, 1.54) is 0 Å². The minimum Gasteiger partial charge on any atom is -0.345 e. The van der Waals surface area contributed by atoms with Crippen LogP contribution in [-0.2, 0) is 4.79 Å². The van der Waals surface area contributed by atoms with Crippen molar-refractivity contribution < 1.29 is 9.59 Å². The van der Waals surface area contributed by atoms with Gasteiger partial charge in [0.2, 0.25) is 0 Å². The van der Waals surface area contributed by atoms with Gasteiger partial charge in [-0.15, -0.1) is 0 Å². The quantitative estimate of drug-likeness (QED) is 0.674. The van der Waals surface area contributed by atoms with Crippen molar-refractivity contribution in [2.45, 2.75) is 39.2 Å². The highest BCUT2D eigenvalue weighted by Crippen LogP contribution is 2.40. The van der Waals surface area contributed by atoms with E-state index >= 15 is 0 Å². The Morgan fingerprint density at radius 2 is 2.00 bits per heavy atom. The van der Waals surface area contributed by atoms with E-state index in [2.05, 4.69) is 22.5 Å². The number of nitrogens with one attached hydrogen (secondary N) is 2. The molecular weight excluding hydrogens is 398 g/mol. The van der Waals surface area contributed by atoms with Crippen molar-refractivity contribution in [3.8, 4) is 0 Å². The summed E-state index contributed by atoms with van der Waals surface area (Å²) in [7, 11) is 3.54. The van der Waals surface area contributed by atoms with Crippen molar-refractivity contribution in [3.63, 3.8) is 0 Å². The third-order valence-electron chi connectivity index (χ3n) is 5.20. The molecule has 0 aromatic heterocycles. The topological polar surface area (TPSA) is 77.0 Å². The Bertz CT molecular complexity index is 848. The van der Waals surface area contributed by atoms with E-state index in [1.807, 2.05) is 31.2 Å². The number of carbonyl (C=O) groups excluding carboxylic acids is 2. The lowest BCUT2D eigenvalue weighted by Crippen LogP contribution is -2.43. The van der Waals surface area contributed by atoms with Crippen molar-refractivity contribution in [2.24, 2.45) is 4.99 Å². The molecule has 1 saturated heterocycles. The number of rotatable bonds is 6. The molecule has 1 fully saturated rings. The number of hydrogen-bond acceptors (Lipinski definition) is 5. The Morgan fingerprint density at radius 1 is 1.27 bits per heavy atom. The third-order valence-corrected chi connectivity index (χ3v) is 6.27. The molecule has 3 rings (SSSR count). The molecular formula is C22H31N5O2S. The average Bonchev–Trinajstić information content (AvgIpc) is 2.73. The van der Waals surface area contributed by atoms with Gasteiger partial charge in [-0.25, -0.2) is 9.79 Å². The SMILES string of the molecule is CCCCNC(=O)Nc1ccc([C@@H]2C(C(=O)N(C)C)=C(C)N=C3SCCCN32)cc1. The Labute approximate surface area is 183 Å². The molecule has 1 aromatic carbocycles. The van der Waals surface area contributed by atoms with Gasteiger partial charge >= 0.3 is 6.03 Å². The zero-order chi connectivity index (χ0) is 21.7. The minimum atomic E-state index is -0.199. The number of amidine groups is 1. The summed E-state index contributed by atoms with van der Waals surface area (Å²) in [5.41, 5.74) is 3.24. The first kappa shape index (κ1) is 22.2. The molecule has 162 valence electrons. The number of nitrogens with zero attached hydrogens (tertiary/aromatic N) is 3. The van der Waals surface area contributed by atoms with Crippen LogP contribution in [0.25, 0.3) is 0 Å². The fourth-order valence-corrected chi connectivity index (χ4v) is 4.65. The summed E-state index contributed by atoms with van der Waals surface area (Å²) in [5, 5.41) is 6.71. The highest BCUT2D eigenvalue weighted by atomic mass is 32.2. The number of urea groups is 1. The van der Waals surface area contributed by atoms with Crippen molar-refractivity contribution in [1.82, 2.24) is 15.1 Å². The second-order valence-electron chi connectivity index (χ2n) is 7.75. The first-order chi connectivity index (χ1) is 14.4. The number of likely N-dealkylation sites (N-methyl/N-ethyl adjacent to an activating group) is 1. The number of benzene rings is 1. The lowest BCUT2D eigenvalue weighted by Gasteiger charge is -2.41. The van der Waals surface area contributed by atoms with Crippen molar-refractivity contribution >= 4 is 34.6 Å². The summed E-state index contributed by atoms with van der Waals surface area (Å²) < 4.78 is 0. The molecule has 30 heavy (non-hydrogen) atoms. The number of hydrogen-bond donors (Lipinski definition) is 2. The van der Waals surface area contributed by atoms with E-state index in [1.54, 1.807) is 30.8 Å². The second-order valence-corrected chi connectivity index (χ2v) is 8.81. The predicted octanol–water partition coefficient (Wildman–Crippen LogP) is 3.82. The molecule has 2 aliphatic rings. The summed E-state index contributed by atoms with van der Waals surface area (Å²) in [6, 6.07) is 7.40. The minimum absolute atomic E-state index is 0.0200. The summed E-state index contributed by atoms with van der Waals surface area (Å²) >= 11 is 1.74. The Balaban J connectivity index is 1.85. The van der Waals surface area contributed by atoms with Crippen molar-refractivity contribution in [2.75, 3.05) is 38.3 Å². The molecule has 0 saturated carbocycles. The molecule has 0 aliphatic carbocycles. The van der Waals surface area contributed by atoms with E-state index in [0.717, 1.165) is 53.7 Å². The van der Waals surface area contributed by atoms with Gasteiger partial charge in [-0.1, -0.05) is 37.2 Å². The van der Waals surface area contributed by atoms with Gasteiger partial charge in [-0.2, -0.15) is 0 Å². The van der Waals surface area contributed by atoms with Crippen LogP contribution in [0.4, 0.5) is 10.5 Å².